The zero-order chi connectivity index (χ0) is 26.2. The number of amides is 3. The van der Waals surface area contributed by atoms with Crippen LogP contribution in [0.1, 0.15) is 55.7 Å². The monoisotopic (exact) mass is 511 g/mol. The van der Waals surface area contributed by atoms with Gasteiger partial charge in [-0.15, -0.1) is 0 Å². The molecule has 1 aliphatic carbocycles. The number of carbonyl (C=O) groups excluding carboxylic acids is 3. The average molecular weight is 512 g/mol. The van der Waals surface area contributed by atoms with E-state index in [4.69, 9.17) is 0 Å². The number of benzene rings is 2. The molecule has 8 heteroatoms. The third-order valence-electron chi connectivity index (χ3n) is 6.51. The highest BCUT2D eigenvalue weighted by Crippen LogP contribution is 2.25. The lowest BCUT2D eigenvalue weighted by Crippen LogP contribution is -2.52. The average Bonchev–Trinajstić information content (AvgIpc) is 2.82. The molecule has 3 rings (SSSR count). The number of aryl methyl sites for hydroxylation is 3. The van der Waals surface area contributed by atoms with Crippen molar-refractivity contribution in [3.63, 3.8) is 0 Å². The maximum Gasteiger partial charge on any atom is 0.243 e. The molecule has 0 unspecified atom stereocenters. The third kappa shape index (κ3) is 7.75. The van der Waals surface area contributed by atoms with Crippen LogP contribution in [-0.2, 0) is 25.2 Å². The molecule has 0 saturated heterocycles. The summed E-state index contributed by atoms with van der Waals surface area (Å²) in [5.74, 6) is -1.75. The van der Waals surface area contributed by atoms with Crippen molar-refractivity contribution in [3.8, 4) is 0 Å². The summed E-state index contributed by atoms with van der Waals surface area (Å²) in [4.78, 5) is 40.4. The Morgan fingerprint density at radius 2 is 1.58 bits per heavy atom. The van der Waals surface area contributed by atoms with Crippen molar-refractivity contribution in [3.05, 3.63) is 59.2 Å². The first-order valence-corrected chi connectivity index (χ1v) is 14.0. The molecule has 1 saturated carbocycles. The molecule has 2 aromatic rings. The molecule has 0 aliphatic heterocycles. The zero-order valence-corrected chi connectivity index (χ0v) is 22.5. The van der Waals surface area contributed by atoms with E-state index in [1.807, 2.05) is 51.1 Å². The van der Waals surface area contributed by atoms with Crippen LogP contribution in [0.15, 0.2) is 42.5 Å². The van der Waals surface area contributed by atoms with Crippen molar-refractivity contribution in [2.24, 2.45) is 0 Å². The van der Waals surface area contributed by atoms with Crippen LogP contribution in [0.4, 0.5) is 11.4 Å². The Morgan fingerprint density at radius 3 is 2.22 bits per heavy atom. The standard InChI is InChI=1S/C28H37N3O4S/c1-19-10-13-24(14-11-19)29-26(32)17-36(35)18-27(33)31(25-15-12-20(2)16-21(25)3)22(4)28(34)30-23-8-6-5-7-9-23/h10-16,22-23H,5-9,17-18H2,1-4H3,(H,29,32)(H,30,34)/t22-,36-/m0/s1. The van der Waals surface area contributed by atoms with Gasteiger partial charge in [0.2, 0.25) is 17.7 Å². The molecule has 2 atom stereocenters. The second-order valence-electron chi connectivity index (χ2n) is 9.72. The highest BCUT2D eigenvalue weighted by molar-refractivity contribution is 7.86. The van der Waals surface area contributed by atoms with Crippen LogP contribution >= 0.6 is 0 Å². The summed E-state index contributed by atoms with van der Waals surface area (Å²) in [5, 5.41) is 5.81. The first-order valence-electron chi connectivity index (χ1n) is 12.5. The van der Waals surface area contributed by atoms with Crippen molar-refractivity contribution >= 4 is 39.9 Å². The molecule has 3 amide bonds. The fourth-order valence-corrected chi connectivity index (χ4v) is 5.44. The lowest BCUT2D eigenvalue weighted by atomic mass is 9.95. The van der Waals surface area contributed by atoms with Crippen molar-refractivity contribution in [2.45, 2.75) is 71.9 Å². The summed E-state index contributed by atoms with van der Waals surface area (Å²) < 4.78 is 12.8. The van der Waals surface area contributed by atoms with Crippen LogP contribution in [0.3, 0.4) is 0 Å². The van der Waals surface area contributed by atoms with Gasteiger partial charge >= 0.3 is 0 Å². The quantitative estimate of drug-likeness (QED) is 0.528. The number of rotatable bonds is 9. The lowest BCUT2D eigenvalue weighted by Gasteiger charge is -2.32. The van der Waals surface area contributed by atoms with E-state index in [2.05, 4.69) is 10.6 Å². The Labute approximate surface area is 216 Å². The smallest absolute Gasteiger partial charge is 0.243 e. The van der Waals surface area contributed by atoms with E-state index in [1.54, 1.807) is 19.1 Å². The highest BCUT2D eigenvalue weighted by Gasteiger charge is 2.31. The van der Waals surface area contributed by atoms with E-state index < -0.39 is 28.7 Å². The molecule has 0 aromatic heterocycles. The molecule has 0 bridgehead atoms. The zero-order valence-electron chi connectivity index (χ0n) is 21.6. The van der Waals surface area contributed by atoms with Crippen LogP contribution in [0.25, 0.3) is 0 Å². The molecule has 2 N–H and O–H groups in total. The molecule has 7 nitrogen and oxygen atoms in total. The Morgan fingerprint density at radius 1 is 0.944 bits per heavy atom. The Kier molecular flexibility index (Phi) is 9.81. The van der Waals surface area contributed by atoms with Crippen molar-refractivity contribution in [2.75, 3.05) is 21.7 Å². The summed E-state index contributed by atoms with van der Waals surface area (Å²) in [6.45, 7) is 7.50. The van der Waals surface area contributed by atoms with E-state index in [1.165, 1.54) is 11.3 Å². The largest absolute Gasteiger partial charge is 0.352 e. The summed E-state index contributed by atoms with van der Waals surface area (Å²) in [7, 11) is -1.73. The van der Waals surface area contributed by atoms with Gasteiger partial charge in [-0.2, -0.15) is 0 Å². The molecule has 0 spiro atoms. The number of anilines is 2. The second kappa shape index (κ2) is 12.8. The van der Waals surface area contributed by atoms with Gasteiger partial charge in [0.05, 0.1) is 0 Å². The van der Waals surface area contributed by atoms with Crippen LogP contribution in [0, 0.1) is 20.8 Å². The third-order valence-corrected chi connectivity index (χ3v) is 7.66. The lowest BCUT2D eigenvalue weighted by molar-refractivity contribution is -0.126. The highest BCUT2D eigenvalue weighted by atomic mass is 32.2. The van der Waals surface area contributed by atoms with E-state index in [-0.39, 0.29) is 23.5 Å². The molecule has 1 fully saturated rings. The Hall–Kier alpha value is -3.00. The SMILES string of the molecule is Cc1ccc(NC(=O)C[S@](=O)CC(=O)N(c2ccc(C)cc2C)[C@@H](C)C(=O)NC2CCCCC2)cc1. The van der Waals surface area contributed by atoms with Crippen molar-refractivity contribution in [1.29, 1.82) is 0 Å². The van der Waals surface area contributed by atoms with Gasteiger partial charge in [0, 0.05) is 28.2 Å². The van der Waals surface area contributed by atoms with Gasteiger partial charge in [-0.1, -0.05) is 54.7 Å². The predicted octanol–water partition coefficient (Wildman–Crippen LogP) is 4.17. The van der Waals surface area contributed by atoms with Crippen LogP contribution in [-0.4, -0.2) is 45.5 Å². The number of nitrogens with zero attached hydrogens (tertiary/aromatic N) is 1. The van der Waals surface area contributed by atoms with Crippen molar-refractivity contribution < 1.29 is 18.6 Å². The Balaban J connectivity index is 1.71. The summed E-state index contributed by atoms with van der Waals surface area (Å²) in [6, 6.07) is 12.3. The van der Waals surface area contributed by atoms with Crippen LogP contribution < -0.4 is 15.5 Å². The van der Waals surface area contributed by atoms with E-state index in [0.29, 0.717) is 11.4 Å². The number of hydrogen-bond donors (Lipinski definition) is 2. The fourth-order valence-electron chi connectivity index (χ4n) is 4.56. The maximum absolute atomic E-state index is 13.4. The minimum Gasteiger partial charge on any atom is -0.352 e. The summed E-state index contributed by atoms with van der Waals surface area (Å²) in [6.07, 6.45) is 5.23. The van der Waals surface area contributed by atoms with Gasteiger partial charge < -0.3 is 10.6 Å². The van der Waals surface area contributed by atoms with Gasteiger partial charge in [-0.25, -0.2) is 0 Å². The fraction of sp³-hybridized carbons (Fsp3) is 0.464. The van der Waals surface area contributed by atoms with Gasteiger partial charge in [-0.05, 0) is 64.3 Å². The van der Waals surface area contributed by atoms with E-state index >= 15 is 0 Å². The first kappa shape index (κ1) is 27.6. The van der Waals surface area contributed by atoms with E-state index in [0.717, 1.165) is 42.4 Å². The minimum absolute atomic E-state index is 0.115. The van der Waals surface area contributed by atoms with Gasteiger partial charge in [0.25, 0.3) is 0 Å². The molecular formula is C28H37N3O4S. The first-order chi connectivity index (χ1) is 17.1. The van der Waals surface area contributed by atoms with Crippen LogP contribution in [0.5, 0.6) is 0 Å². The van der Waals surface area contributed by atoms with Crippen LogP contribution in [0.2, 0.25) is 0 Å². The molecular weight excluding hydrogens is 474 g/mol. The topological polar surface area (TPSA) is 95.6 Å². The maximum atomic E-state index is 13.4. The number of hydrogen-bond acceptors (Lipinski definition) is 4. The second-order valence-corrected chi connectivity index (χ2v) is 11.2. The summed E-state index contributed by atoms with van der Waals surface area (Å²) in [5.41, 5.74) is 4.18. The van der Waals surface area contributed by atoms with E-state index in [9.17, 15) is 18.6 Å². The van der Waals surface area contributed by atoms with Gasteiger partial charge in [-0.3, -0.25) is 23.5 Å². The van der Waals surface area contributed by atoms with Gasteiger partial charge in [0.15, 0.2) is 0 Å². The molecule has 1 aliphatic rings. The molecule has 0 radical (unpaired) electrons. The molecule has 194 valence electrons. The molecule has 0 heterocycles. The summed E-state index contributed by atoms with van der Waals surface area (Å²) >= 11 is 0. The molecule has 2 aromatic carbocycles. The van der Waals surface area contributed by atoms with Crippen molar-refractivity contribution in [1.82, 2.24) is 5.32 Å². The molecule has 36 heavy (non-hydrogen) atoms. The Bertz CT molecular complexity index is 1110. The minimum atomic E-state index is -1.73. The normalized spacial score (nSPS) is 15.6. The number of nitrogens with one attached hydrogen (secondary N) is 2. The number of carbonyl (C=O) groups is 3. The van der Waals surface area contributed by atoms with Gasteiger partial charge in [0.1, 0.15) is 17.5 Å². The predicted molar refractivity (Wildman–Crippen MR) is 146 cm³/mol.